The van der Waals surface area contributed by atoms with Gasteiger partial charge in [0, 0.05) is 17.5 Å². The fourth-order valence-electron chi connectivity index (χ4n) is 2.20. The van der Waals surface area contributed by atoms with E-state index in [-0.39, 0.29) is 18.4 Å². The van der Waals surface area contributed by atoms with Crippen LogP contribution >= 0.6 is 11.8 Å². The van der Waals surface area contributed by atoms with Crippen LogP contribution in [0.1, 0.15) is 30.4 Å². The van der Waals surface area contributed by atoms with Crippen molar-refractivity contribution in [2.75, 3.05) is 12.3 Å². The van der Waals surface area contributed by atoms with E-state index < -0.39 is 5.97 Å². The highest BCUT2D eigenvalue weighted by Gasteiger charge is 2.32. The minimum absolute atomic E-state index is 0.0242. The summed E-state index contributed by atoms with van der Waals surface area (Å²) in [6.45, 7) is 4.40. The van der Waals surface area contributed by atoms with Crippen LogP contribution in [0.3, 0.4) is 0 Å². The van der Waals surface area contributed by atoms with E-state index in [1.165, 1.54) is 22.9 Å². The van der Waals surface area contributed by atoms with Gasteiger partial charge in [0.2, 0.25) is 5.91 Å². The third kappa shape index (κ3) is 4.77. The third-order valence-electron chi connectivity index (χ3n) is 3.57. The second kappa shape index (κ2) is 6.98. The molecule has 1 aromatic rings. The lowest BCUT2D eigenvalue weighted by Gasteiger charge is -2.21. The number of aliphatic carboxylic acids is 1. The van der Waals surface area contributed by atoms with Gasteiger partial charge in [0.05, 0.1) is 12.2 Å². The minimum Gasteiger partial charge on any atom is -0.481 e. The normalized spacial score (nSPS) is 14.0. The lowest BCUT2D eigenvalue weighted by Crippen LogP contribution is -2.36. The lowest BCUT2D eigenvalue weighted by atomic mass is 10.2. The van der Waals surface area contributed by atoms with Gasteiger partial charge in [-0.1, -0.05) is 17.7 Å². The Bertz CT molecular complexity index is 540. The molecule has 0 unspecified atom stereocenters. The van der Waals surface area contributed by atoms with Crippen molar-refractivity contribution in [3.63, 3.8) is 0 Å². The molecule has 0 bridgehead atoms. The molecule has 1 N–H and O–H groups in total. The van der Waals surface area contributed by atoms with Crippen molar-refractivity contribution in [1.82, 2.24) is 4.90 Å². The second-order valence-electron chi connectivity index (χ2n) is 5.52. The third-order valence-corrected chi connectivity index (χ3v) is 4.71. The fourth-order valence-corrected chi connectivity index (χ4v) is 3.21. The number of amides is 1. The molecule has 0 saturated heterocycles. The van der Waals surface area contributed by atoms with Crippen molar-refractivity contribution in [1.29, 1.82) is 0 Å². The summed E-state index contributed by atoms with van der Waals surface area (Å²) in [7, 11) is 0. The molecule has 0 spiro atoms. The molecule has 4 nitrogen and oxygen atoms in total. The van der Waals surface area contributed by atoms with Crippen molar-refractivity contribution >= 4 is 23.6 Å². The van der Waals surface area contributed by atoms with E-state index in [0.29, 0.717) is 12.3 Å². The van der Waals surface area contributed by atoms with E-state index in [1.807, 2.05) is 13.8 Å². The summed E-state index contributed by atoms with van der Waals surface area (Å²) in [5.41, 5.74) is 2.35. The molecule has 0 heterocycles. The van der Waals surface area contributed by atoms with Crippen molar-refractivity contribution in [3.8, 4) is 0 Å². The van der Waals surface area contributed by atoms with Crippen LogP contribution in [0.25, 0.3) is 0 Å². The number of thioether (sulfide) groups is 1. The number of carbonyl (C=O) groups is 2. The van der Waals surface area contributed by atoms with E-state index in [0.717, 1.165) is 17.7 Å². The van der Waals surface area contributed by atoms with Crippen LogP contribution in [0.4, 0.5) is 0 Å². The first-order valence-electron chi connectivity index (χ1n) is 7.18. The molecule has 0 radical (unpaired) electrons. The molecule has 1 saturated carbocycles. The molecular formula is C16H21NO3S. The number of aryl methyl sites for hydroxylation is 2. The predicted molar refractivity (Wildman–Crippen MR) is 83.6 cm³/mol. The number of benzene rings is 1. The molecule has 2 rings (SSSR count). The largest absolute Gasteiger partial charge is 0.481 e. The van der Waals surface area contributed by atoms with E-state index in [9.17, 15) is 9.59 Å². The fraction of sp³-hybridized carbons (Fsp3) is 0.500. The molecular weight excluding hydrogens is 286 g/mol. The summed E-state index contributed by atoms with van der Waals surface area (Å²) >= 11 is 1.54. The number of carboxylic acid groups (broad SMARTS) is 1. The average Bonchev–Trinajstić information content (AvgIpc) is 3.24. The quantitative estimate of drug-likeness (QED) is 0.787. The van der Waals surface area contributed by atoms with Crippen LogP contribution in [0.15, 0.2) is 23.1 Å². The van der Waals surface area contributed by atoms with Crippen LogP contribution in [0.5, 0.6) is 0 Å². The highest BCUT2D eigenvalue weighted by molar-refractivity contribution is 8.00. The Hall–Kier alpha value is -1.49. The van der Waals surface area contributed by atoms with E-state index in [2.05, 4.69) is 18.2 Å². The van der Waals surface area contributed by atoms with Gasteiger partial charge in [0.15, 0.2) is 0 Å². The van der Waals surface area contributed by atoms with Crippen molar-refractivity contribution in [2.45, 2.75) is 44.0 Å². The molecule has 114 valence electrons. The maximum Gasteiger partial charge on any atom is 0.305 e. The van der Waals surface area contributed by atoms with Crippen molar-refractivity contribution in [3.05, 3.63) is 29.3 Å². The number of rotatable bonds is 7. The molecule has 21 heavy (non-hydrogen) atoms. The number of carboxylic acids is 1. The van der Waals surface area contributed by atoms with Crippen LogP contribution < -0.4 is 0 Å². The first kappa shape index (κ1) is 15.9. The summed E-state index contributed by atoms with van der Waals surface area (Å²) in [5, 5.41) is 8.78. The number of hydrogen-bond acceptors (Lipinski definition) is 3. The number of carbonyl (C=O) groups excluding carboxylic acids is 1. The first-order valence-corrected chi connectivity index (χ1v) is 8.17. The van der Waals surface area contributed by atoms with Gasteiger partial charge in [-0.2, -0.15) is 0 Å². The minimum atomic E-state index is -0.851. The maximum absolute atomic E-state index is 12.3. The summed E-state index contributed by atoms with van der Waals surface area (Å²) in [6, 6.07) is 6.47. The highest BCUT2D eigenvalue weighted by atomic mass is 32.2. The van der Waals surface area contributed by atoms with Gasteiger partial charge < -0.3 is 10.0 Å². The van der Waals surface area contributed by atoms with Gasteiger partial charge in [-0.05, 0) is 38.3 Å². The van der Waals surface area contributed by atoms with Gasteiger partial charge in [-0.25, -0.2) is 0 Å². The van der Waals surface area contributed by atoms with Gasteiger partial charge >= 0.3 is 5.97 Å². The molecule has 1 aliphatic rings. The Morgan fingerprint density at radius 2 is 2.05 bits per heavy atom. The number of nitrogens with zero attached hydrogens (tertiary/aromatic N) is 1. The van der Waals surface area contributed by atoms with Gasteiger partial charge in [-0.15, -0.1) is 11.8 Å². The van der Waals surface area contributed by atoms with E-state index in [4.69, 9.17) is 5.11 Å². The second-order valence-corrected chi connectivity index (χ2v) is 6.54. The Morgan fingerprint density at radius 3 is 2.67 bits per heavy atom. The zero-order chi connectivity index (χ0) is 15.4. The zero-order valence-corrected chi connectivity index (χ0v) is 13.3. The molecule has 1 aliphatic carbocycles. The summed E-state index contributed by atoms with van der Waals surface area (Å²) in [6.07, 6.45) is 2.02. The van der Waals surface area contributed by atoms with E-state index >= 15 is 0 Å². The molecule has 0 atom stereocenters. The standard InChI is InChI=1S/C16H21NO3S/c1-11-3-4-12(2)14(9-11)21-10-15(18)17(13-5-6-13)8-7-16(19)20/h3-4,9,13H,5-8,10H2,1-2H3,(H,19,20). The maximum atomic E-state index is 12.3. The molecule has 0 aromatic heterocycles. The molecule has 1 amide bonds. The molecule has 1 fully saturated rings. The zero-order valence-electron chi connectivity index (χ0n) is 12.5. The van der Waals surface area contributed by atoms with Gasteiger partial charge in [0.25, 0.3) is 0 Å². The lowest BCUT2D eigenvalue weighted by molar-refractivity contribution is -0.138. The van der Waals surface area contributed by atoms with Crippen molar-refractivity contribution < 1.29 is 14.7 Å². The summed E-state index contributed by atoms with van der Waals surface area (Å²) < 4.78 is 0. The van der Waals surface area contributed by atoms with Crippen LogP contribution in [-0.2, 0) is 9.59 Å². The van der Waals surface area contributed by atoms with Gasteiger partial charge in [0.1, 0.15) is 0 Å². The number of hydrogen-bond donors (Lipinski definition) is 1. The summed E-state index contributed by atoms with van der Waals surface area (Å²) in [5.74, 6) is -0.430. The first-order chi connectivity index (χ1) is 9.97. The average molecular weight is 307 g/mol. The monoisotopic (exact) mass is 307 g/mol. The molecule has 1 aromatic carbocycles. The SMILES string of the molecule is Cc1ccc(C)c(SCC(=O)N(CCC(=O)O)C2CC2)c1. The topological polar surface area (TPSA) is 57.6 Å². The van der Waals surface area contributed by atoms with Crippen LogP contribution in [0, 0.1) is 13.8 Å². The van der Waals surface area contributed by atoms with Gasteiger partial charge in [-0.3, -0.25) is 9.59 Å². The van der Waals surface area contributed by atoms with Crippen LogP contribution in [0.2, 0.25) is 0 Å². The van der Waals surface area contributed by atoms with E-state index in [1.54, 1.807) is 4.90 Å². The Morgan fingerprint density at radius 1 is 1.33 bits per heavy atom. The van der Waals surface area contributed by atoms with Crippen molar-refractivity contribution in [2.24, 2.45) is 0 Å². The summed E-state index contributed by atoms with van der Waals surface area (Å²) in [4.78, 5) is 25.9. The Kier molecular flexibility index (Phi) is 5.28. The van der Waals surface area contributed by atoms with Crippen LogP contribution in [-0.4, -0.2) is 40.2 Å². The predicted octanol–water partition coefficient (Wildman–Crippen LogP) is 2.86. The Labute approximate surface area is 129 Å². The Balaban J connectivity index is 1.92. The smallest absolute Gasteiger partial charge is 0.305 e. The highest BCUT2D eigenvalue weighted by Crippen LogP contribution is 2.29. The molecule has 5 heteroatoms. The molecule has 0 aliphatic heterocycles.